The van der Waals surface area contributed by atoms with Gasteiger partial charge in [0.1, 0.15) is 0 Å². The first-order valence-electron chi connectivity index (χ1n) is 7.62. The predicted octanol–water partition coefficient (Wildman–Crippen LogP) is 3.10. The molecule has 0 heterocycles. The maximum absolute atomic E-state index is 9.04. The quantitative estimate of drug-likeness (QED) is 0.715. The van der Waals surface area contributed by atoms with Crippen LogP contribution in [0.25, 0.3) is 0 Å². The molecule has 100 valence electrons. The van der Waals surface area contributed by atoms with Crippen LogP contribution in [0.2, 0.25) is 0 Å². The van der Waals surface area contributed by atoms with Crippen LogP contribution in [-0.2, 0) is 0 Å². The lowest BCUT2D eigenvalue weighted by atomic mass is 9.83. The van der Waals surface area contributed by atoms with Gasteiger partial charge in [0.05, 0.1) is 0 Å². The summed E-state index contributed by atoms with van der Waals surface area (Å²) in [6, 6.07) is 0.763. The van der Waals surface area contributed by atoms with E-state index >= 15 is 0 Å². The molecule has 0 aliphatic heterocycles. The summed E-state index contributed by atoms with van der Waals surface area (Å²) in [6.45, 7) is 3.82. The maximum atomic E-state index is 9.04. The summed E-state index contributed by atoms with van der Waals surface area (Å²) in [7, 11) is 0. The van der Waals surface area contributed by atoms with Crippen LogP contribution in [0.5, 0.6) is 0 Å². The molecule has 0 aromatic carbocycles. The van der Waals surface area contributed by atoms with Crippen LogP contribution in [0.1, 0.15) is 64.7 Å². The summed E-state index contributed by atoms with van der Waals surface area (Å²) < 4.78 is 0. The first-order valence-corrected chi connectivity index (χ1v) is 7.62. The van der Waals surface area contributed by atoms with Gasteiger partial charge in [-0.2, -0.15) is 0 Å². The molecule has 2 aliphatic carbocycles. The maximum Gasteiger partial charge on any atom is 0.0436 e. The molecule has 2 aliphatic rings. The van der Waals surface area contributed by atoms with Crippen LogP contribution >= 0.6 is 0 Å². The van der Waals surface area contributed by atoms with Crippen molar-refractivity contribution >= 4 is 0 Å². The monoisotopic (exact) mass is 239 g/mol. The lowest BCUT2D eigenvalue weighted by Gasteiger charge is -2.30. The molecule has 2 heteroatoms. The van der Waals surface area contributed by atoms with Crippen molar-refractivity contribution in [1.29, 1.82) is 0 Å². The molecule has 0 radical (unpaired) electrons. The molecule has 2 rings (SSSR count). The van der Waals surface area contributed by atoms with E-state index in [-0.39, 0.29) is 0 Å². The molecule has 0 amide bonds. The summed E-state index contributed by atoms with van der Waals surface area (Å²) in [4.78, 5) is 0. The van der Waals surface area contributed by atoms with E-state index < -0.39 is 0 Å². The van der Waals surface area contributed by atoms with Crippen LogP contribution in [0, 0.1) is 11.3 Å². The van der Waals surface area contributed by atoms with Gasteiger partial charge in [0, 0.05) is 19.2 Å². The average Bonchev–Trinajstić information content (AvgIpc) is 3.10. The molecule has 2 N–H and O–H groups in total. The zero-order chi connectivity index (χ0) is 12.1. The second kappa shape index (κ2) is 6.19. The molecule has 0 spiro atoms. The zero-order valence-corrected chi connectivity index (χ0v) is 11.4. The van der Waals surface area contributed by atoms with E-state index in [1.54, 1.807) is 0 Å². The Balaban J connectivity index is 1.62. The highest BCUT2D eigenvalue weighted by Crippen LogP contribution is 2.48. The first-order chi connectivity index (χ1) is 8.28. The Morgan fingerprint density at radius 1 is 1.18 bits per heavy atom. The molecule has 17 heavy (non-hydrogen) atoms. The number of rotatable bonds is 7. The molecular formula is C15H29NO. The normalized spacial score (nSPS) is 31.4. The molecule has 0 saturated heterocycles. The standard InChI is InChI=1S/C15H29NO/c1-2-3-13-4-6-14(7-5-13)16-12-15(8-9-15)10-11-17/h13-14,16-17H,2-12H2,1H3. The first kappa shape index (κ1) is 13.4. The minimum atomic E-state index is 0.366. The molecule has 0 atom stereocenters. The zero-order valence-electron chi connectivity index (χ0n) is 11.4. The van der Waals surface area contributed by atoms with Gasteiger partial charge in [-0.25, -0.2) is 0 Å². The van der Waals surface area contributed by atoms with Crippen molar-refractivity contribution in [3.05, 3.63) is 0 Å². The van der Waals surface area contributed by atoms with Crippen molar-refractivity contribution in [2.45, 2.75) is 70.8 Å². The van der Waals surface area contributed by atoms with Crippen molar-refractivity contribution in [2.75, 3.05) is 13.2 Å². The highest BCUT2D eigenvalue weighted by Gasteiger charge is 2.41. The molecule has 0 aromatic rings. The van der Waals surface area contributed by atoms with Crippen molar-refractivity contribution in [1.82, 2.24) is 5.32 Å². The van der Waals surface area contributed by atoms with Crippen molar-refractivity contribution < 1.29 is 5.11 Å². The second-order valence-electron chi connectivity index (χ2n) is 6.36. The minimum absolute atomic E-state index is 0.366. The SMILES string of the molecule is CCCC1CCC(NCC2(CCO)CC2)CC1. The average molecular weight is 239 g/mol. The Hall–Kier alpha value is -0.0800. The van der Waals surface area contributed by atoms with E-state index in [1.165, 1.54) is 51.4 Å². The van der Waals surface area contributed by atoms with Crippen molar-refractivity contribution in [3.63, 3.8) is 0 Å². The van der Waals surface area contributed by atoms with E-state index in [9.17, 15) is 0 Å². The molecule has 2 fully saturated rings. The Morgan fingerprint density at radius 3 is 2.41 bits per heavy atom. The number of hydrogen-bond donors (Lipinski definition) is 2. The lowest BCUT2D eigenvalue weighted by Crippen LogP contribution is -2.37. The predicted molar refractivity (Wildman–Crippen MR) is 72.0 cm³/mol. The lowest BCUT2D eigenvalue weighted by molar-refractivity contribution is 0.228. The Morgan fingerprint density at radius 2 is 1.88 bits per heavy atom. The van der Waals surface area contributed by atoms with Gasteiger partial charge in [-0.3, -0.25) is 0 Å². The molecule has 0 unspecified atom stereocenters. The summed E-state index contributed by atoms with van der Waals surface area (Å²) in [5, 5.41) is 12.8. The fourth-order valence-electron chi connectivity index (χ4n) is 3.35. The van der Waals surface area contributed by atoms with Gasteiger partial charge in [-0.15, -0.1) is 0 Å². The number of aliphatic hydroxyl groups is 1. The number of aliphatic hydroxyl groups excluding tert-OH is 1. The third kappa shape index (κ3) is 3.96. The van der Waals surface area contributed by atoms with Gasteiger partial charge in [-0.1, -0.05) is 19.8 Å². The fourth-order valence-corrected chi connectivity index (χ4v) is 3.35. The third-order valence-corrected chi connectivity index (χ3v) is 4.91. The second-order valence-corrected chi connectivity index (χ2v) is 6.36. The summed E-state index contributed by atoms with van der Waals surface area (Å²) in [5.74, 6) is 1.00. The van der Waals surface area contributed by atoms with Crippen LogP contribution in [-0.4, -0.2) is 24.3 Å². The molecule has 0 aromatic heterocycles. The van der Waals surface area contributed by atoms with E-state index in [0.717, 1.165) is 24.9 Å². The topological polar surface area (TPSA) is 32.3 Å². The summed E-state index contributed by atoms with van der Waals surface area (Å²) >= 11 is 0. The molecule has 2 nitrogen and oxygen atoms in total. The van der Waals surface area contributed by atoms with Gasteiger partial charge in [0.2, 0.25) is 0 Å². The number of nitrogens with one attached hydrogen (secondary N) is 1. The van der Waals surface area contributed by atoms with E-state index in [1.807, 2.05) is 0 Å². The Bertz CT molecular complexity index is 217. The summed E-state index contributed by atoms with van der Waals surface area (Å²) in [6.07, 6.45) is 12.0. The molecule has 2 saturated carbocycles. The van der Waals surface area contributed by atoms with E-state index in [0.29, 0.717) is 12.0 Å². The van der Waals surface area contributed by atoms with Crippen LogP contribution in [0.15, 0.2) is 0 Å². The van der Waals surface area contributed by atoms with Gasteiger partial charge < -0.3 is 10.4 Å². The Kier molecular flexibility index (Phi) is 4.87. The van der Waals surface area contributed by atoms with Crippen LogP contribution in [0.4, 0.5) is 0 Å². The van der Waals surface area contributed by atoms with E-state index in [4.69, 9.17) is 5.11 Å². The smallest absolute Gasteiger partial charge is 0.0436 e. The highest BCUT2D eigenvalue weighted by molar-refractivity contribution is 4.95. The van der Waals surface area contributed by atoms with Crippen LogP contribution < -0.4 is 5.32 Å². The van der Waals surface area contributed by atoms with Gasteiger partial charge >= 0.3 is 0 Å². The third-order valence-electron chi connectivity index (χ3n) is 4.91. The summed E-state index contributed by atoms with van der Waals surface area (Å²) in [5.41, 5.74) is 0.481. The van der Waals surface area contributed by atoms with Gasteiger partial charge in [0.25, 0.3) is 0 Å². The molecule has 0 bridgehead atoms. The van der Waals surface area contributed by atoms with Crippen LogP contribution in [0.3, 0.4) is 0 Å². The van der Waals surface area contributed by atoms with Crippen molar-refractivity contribution in [2.24, 2.45) is 11.3 Å². The van der Waals surface area contributed by atoms with Gasteiger partial charge in [0.15, 0.2) is 0 Å². The van der Waals surface area contributed by atoms with Gasteiger partial charge in [-0.05, 0) is 56.3 Å². The van der Waals surface area contributed by atoms with E-state index in [2.05, 4.69) is 12.2 Å². The number of hydrogen-bond acceptors (Lipinski definition) is 2. The highest BCUT2D eigenvalue weighted by atomic mass is 16.3. The van der Waals surface area contributed by atoms with Crippen molar-refractivity contribution in [3.8, 4) is 0 Å². The minimum Gasteiger partial charge on any atom is -0.396 e. The molecular weight excluding hydrogens is 210 g/mol. The Labute approximate surface area is 106 Å². The largest absolute Gasteiger partial charge is 0.396 e. The fraction of sp³-hybridized carbons (Fsp3) is 1.00.